The average Bonchev–Trinajstić information content (AvgIpc) is 2.72. The summed E-state index contributed by atoms with van der Waals surface area (Å²) in [5.74, 6) is -1.18. The number of amides is 1. The largest absolute Gasteiger partial charge is 0.394 e. The Balaban J connectivity index is 2.17. The molecule has 0 fully saturated rings. The minimum atomic E-state index is -0.696. The van der Waals surface area contributed by atoms with Gasteiger partial charge in [-0.3, -0.25) is 9.59 Å². The van der Waals surface area contributed by atoms with Crippen molar-refractivity contribution in [3.05, 3.63) is 81.4 Å². The molecule has 1 heterocycles. The van der Waals surface area contributed by atoms with E-state index in [4.69, 9.17) is 11.6 Å². The number of carbonyl (C=O) groups is 1. The summed E-state index contributed by atoms with van der Waals surface area (Å²) in [7, 11) is 0. The molecule has 1 unspecified atom stereocenters. The lowest BCUT2D eigenvalue weighted by atomic mass is 10.1. The molecule has 0 aliphatic carbocycles. The molecular weight excluding hydrogens is 397 g/mol. The van der Waals surface area contributed by atoms with Crippen LogP contribution in [0.25, 0.3) is 16.9 Å². The lowest BCUT2D eigenvalue weighted by Crippen LogP contribution is -2.40. The Morgan fingerprint density at radius 3 is 2.59 bits per heavy atom. The second-order valence-electron chi connectivity index (χ2n) is 6.41. The number of hydrogen-bond acceptors (Lipinski definition) is 4. The molecule has 6 nitrogen and oxygen atoms in total. The number of benzene rings is 2. The first-order chi connectivity index (χ1) is 13.9. The number of rotatable bonds is 6. The molecular formula is C21H19ClFN3O3. The molecule has 2 N–H and O–H groups in total. The number of aliphatic hydroxyl groups excluding tert-OH is 1. The van der Waals surface area contributed by atoms with Gasteiger partial charge in [0.25, 0.3) is 11.5 Å². The van der Waals surface area contributed by atoms with E-state index >= 15 is 0 Å². The van der Waals surface area contributed by atoms with Gasteiger partial charge >= 0.3 is 0 Å². The van der Waals surface area contributed by atoms with Crippen LogP contribution >= 0.6 is 11.6 Å². The Labute approximate surface area is 171 Å². The van der Waals surface area contributed by atoms with Gasteiger partial charge in [-0.2, -0.15) is 9.78 Å². The first-order valence-corrected chi connectivity index (χ1v) is 9.38. The Morgan fingerprint density at radius 1 is 1.24 bits per heavy atom. The fraction of sp³-hybridized carbons (Fsp3) is 0.190. The van der Waals surface area contributed by atoms with Crippen molar-refractivity contribution in [3.8, 4) is 16.9 Å². The SMILES string of the molecule is CCC(CO)NC(=O)c1cc(-c2ccc(Cl)cc2)nn(-c2cccc(F)c2)c1=O. The summed E-state index contributed by atoms with van der Waals surface area (Å²) in [5, 5.41) is 16.8. The minimum absolute atomic E-state index is 0.166. The molecule has 8 heteroatoms. The Hall–Kier alpha value is -3.03. The zero-order valence-electron chi connectivity index (χ0n) is 15.6. The van der Waals surface area contributed by atoms with Crippen LogP contribution in [0.15, 0.2) is 59.4 Å². The molecule has 0 saturated heterocycles. The summed E-state index contributed by atoms with van der Waals surface area (Å²) >= 11 is 5.93. The van der Waals surface area contributed by atoms with Crippen molar-refractivity contribution in [3.63, 3.8) is 0 Å². The molecule has 3 rings (SSSR count). The normalized spacial score (nSPS) is 11.9. The van der Waals surface area contributed by atoms with Crippen molar-refractivity contribution in [1.29, 1.82) is 0 Å². The highest BCUT2D eigenvalue weighted by atomic mass is 35.5. The van der Waals surface area contributed by atoms with Gasteiger partial charge < -0.3 is 10.4 Å². The lowest BCUT2D eigenvalue weighted by Gasteiger charge is -2.15. The molecule has 1 amide bonds. The molecule has 0 bridgehead atoms. The fourth-order valence-corrected chi connectivity index (χ4v) is 2.87. The van der Waals surface area contributed by atoms with Crippen LogP contribution in [0.3, 0.4) is 0 Å². The third kappa shape index (κ3) is 4.70. The monoisotopic (exact) mass is 415 g/mol. The maximum Gasteiger partial charge on any atom is 0.284 e. The number of aromatic nitrogens is 2. The summed E-state index contributed by atoms with van der Waals surface area (Å²) < 4.78 is 14.7. The van der Waals surface area contributed by atoms with Crippen molar-refractivity contribution < 1.29 is 14.3 Å². The van der Waals surface area contributed by atoms with Crippen molar-refractivity contribution in [2.45, 2.75) is 19.4 Å². The van der Waals surface area contributed by atoms with Crippen LogP contribution in [-0.2, 0) is 0 Å². The van der Waals surface area contributed by atoms with E-state index in [1.807, 2.05) is 0 Å². The highest BCUT2D eigenvalue weighted by molar-refractivity contribution is 6.30. The van der Waals surface area contributed by atoms with Gasteiger partial charge in [-0.1, -0.05) is 36.7 Å². The van der Waals surface area contributed by atoms with E-state index in [1.165, 1.54) is 24.3 Å². The predicted molar refractivity (Wildman–Crippen MR) is 109 cm³/mol. The molecule has 1 aromatic heterocycles. The first kappa shape index (κ1) is 20.7. The number of halogens is 2. The van der Waals surface area contributed by atoms with Crippen molar-refractivity contribution >= 4 is 17.5 Å². The molecule has 0 saturated carbocycles. The van der Waals surface area contributed by atoms with E-state index in [0.29, 0.717) is 22.7 Å². The summed E-state index contributed by atoms with van der Waals surface area (Å²) in [6.07, 6.45) is 0.495. The first-order valence-electron chi connectivity index (χ1n) is 9.01. The predicted octanol–water partition coefficient (Wildman–Crippen LogP) is 3.19. The third-order valence-electron chi connectivity index (χ3n) is 4.40. The van der Waals surface area contributed by atoms with Gasteiger partial charge in [0, 0.05) is 10.6 Å². The topological polar surface area (TPSA) is 84.2 Å². The number of carbonyl (C=O) groups excluding carboxylic acids is 1. The Bertz CT molecular complexity index is 1080. The maximum absolute atomic E-state index is 13.7. The van der Waals surface area contributed by atoms with Gasteiger partial charge in [-0.05, 0) is 42.8 Å². The molecule has 0 spiro atoms. The molecule has 29 heavy (non-hydrogen) atoms. The molecule has 0 aliphatic heterocycles. The molecule has 3 aromatic rings. The van der Waals surface area contributed by atoms with Crippen molar-refractivity contribution in [2.24, 2.45) is 0 Å². The summed E-state index contributed by atoms with van der Waals surface area (Å²) in [6, 6.07) is 13.0. The zero-order chi connectivity index (χ0) is 21.0. The summed E-state index contributed by atoms with van der Waals surface area (Å²) in [4.78, 5) is 25.7. The molecule has 1 atom stereocenters. The van der Waals surface area contributed by atoms with Crippen molar-refractivity contribution in [2.75, 3.05) is 6.61 Å². The van der Waals surface area contributed by atoms with Crippen LogP contribution in [0, 0.1) is 5.82 Å². The smallest absolute Gasteiger partial charge is 0.284 e. The highest BCUT2D eigenvalue weighted by Crippen LogP contribution is 2.20. The summed E-state index contributed by atoms with van der Waals surface area (Å²) in [6.45, 7) is 1.55. The average molecular weight is 416 g/mol. The van der Waals surface area contributed by atoms with Crippen LogP contribution < -0.4 is 10.9 Å². The van der Waals surface area contributed by atoms with Crippen molar-refractivity contribution in [1.82, 2.24) is 15.1 Å². The molecule has 0 aliphatic rings. The van der Waals surface area contributed by atoms with Crippen LogP contribution in [0.4, 0.5) is 4.39 Å². The van der Waals surface area contributed by atoms with E-state index in [0.717, 1.165) is 10.7 Å². The van der Waals surface area contributed by atoms with Gasteiger partial charge in [0.2, 0.25) is 0 Å². The summed E-state index contributed by atoms with van der Waals surface area (Å²) in [5.41, 5.74) is 0.296. The van der Waals surface area contributed by atoms with E-state index < -0.39 is 23.3 Å². The second-order valence-corrected chi connectivity index (χ2v) is 6.84. The molecule has 150 valence electrons. The van der Waals surface area contributed by atoms with Gasteiger partial charge in [0.05, 0.1) is 24.0 Å². The van der Waals surface area contributed by atoms with Crippen LogP contribution in [0.5, 0.6) is 0 Å². The number of hydrogen-bond donors (Lipinski definition) is 2. The highest BCUT2D eigenvalue weighted by Gasteiger charge is 2.19. The molecule has 0 radical (unpaired) electrons. The van der Waals surface area contributed by atoms with E-state index in [9.17, 15) is 19.1 Å². The van der Waals surface area contributed by atoms with Gasteiger partial charge in [-0.15, -0.1) is 0 Å². The van der Waals surface area contributed by atoms with Gasteiger partial charge in [-0.25, -0.2) is 4.39 Å². The van der Waals surface area contributed by atoms with Crippen LogP contribution in [0.1, 0.15) is 23.7 Å². The number of aliphatic hydroxyl groups is 1. The number of nitrogens with one attached hydrogen (secondary N) is 1. The molecule has 2 aromatic carbocycles. The Morgan fingerprint density at radius 2 is 1.97 bits per heavy atom. The Kier molecular flexibility index (Phi) is 6.41. The van der Waals surface area contributed by atoms with E-state index in [1.54, 1.807) is 31.2 Å². The number of nitrogens with zero attached hydrogens (tertiary/aromatic N) is 2. The third-order valence-corrected chi connectivity index (χ3v) is 4.65. The van der Waals surface area contributed by atoms with E-state index in [-0.39, 0.29) is 17.9 Å². The van der Waals surface area contributed by atoms with Gasteiger partial charge in [0.15, 0.2) is 0 Å². The maximum atomic E-state index is 13.7. The second kappa shape index (κ2) is 8.98. The van der Waals surface area contributed by atoms with E-state index in [2.05, 4.69) is 10.4 Å². The lowest BCUT2D eigenvalue weighted by molar-refractivity contribution is 0.0913. The fourth-order valence-electron chi connectivity index (χ4n) is 2.74. The van der Waals surface area contributed by atoms with Gasteiger partial charge in [0.1, 0.15) is 11.4 Å². The van der Waals surface area contributed by atoms with Crippen LogP contribution in [-0.4, -0.2) is 33.4 Å². The van der Waals surface area contributed by atoms with Crippen LogP contribution in [0.2, 0.25) is 5.02 Å². The quantitative estimate of drug-likeness (QED) is 0.647. The zero-order valence-corrected chi connectivity index (χ0v) is 16.4. The standard InChI is InChI=1S/C21H19ClFN3O3/c1-2-16(12-27)24-20(28)18-11-19(13-6-8-14(22)9-7-13)25-26(21(18)29)17-5-3-4-15(23)10-17/h3-11,16,27H,2,12H2,1H3,(H,24,28). The minimum Gasteiger partial charge on any atom is -0.394 e.